The highest BCUT2D eigenvalue weighted by Gasteiger charge is 2.09. The molecule has 0 heterocycles. The average molecular weight is 230 g/mol. The fourth-order valence-electron chi connectivity index (χ4n) is 1.67. The second-order valence-corrected chi connectivity index (χ2v) is 4.03. The summed E-state index contributed by atoms with van der Waals surface area (Å²) in [5, 5.41) is 19.0. The molecule has 0 aliphatic carbocycles. The van der Waals surface area contributed by atoms with E-state index in [4.69, 9.17) is 4.74 Å². The molecule has 17 heavy (non-hydrogen) atoms. The first-order valence-electron chi connectivity index (χ1n) is 5.33. The van der Waals surface area contributed by atoms with Gasteiger partial charge in [0.05, 0.1) is 0 Å². The molecule has 0 unspecified atom stereocenters. The van der Waals surface area contributed by atoms with Crippen LogP contribution in [0.1, 0.15) is 11.1 Å². The van der Waals surface area contributed by atoms with E-state index in [1.165, 1.54) is 6.07 Å². The fourth-order valence-corrected chi connectivity index (χ4v) is 1.67. The zero-order valence-corrected chi connectivity index (χ0v) is 9.77. The maximum Gasteiger partial charge on any atom is 0.172 e. The van der Waals surface area contributed by atoms with Crippen LogP contribution in [0.3, 0.4) is 0 Å². The van der Waals surface area contributed by atoms with Crippen LogP contribution in [0.15, 0.2) is 36.4 Å². The lowest BCUT2D eigenvalue weighted by Crippen LogP contribution is -1.89. The summed E-state index contributed by atoms with van der Waals surface area (Å²) in [6.45, 7) is 3.74. The van der Waals surface area contributed by atoms with Crippen LogP contribution in [0.2, 0.25) is 0 Å². The molecule has 0 amide bonds. The summed E-state index contributed by atoms with van der Waals surface area (Å²) >= 11 is 0. The summed E-state index contributed by atoms with van der Waals surface area (Å²) in [4.78, 5) is 0. The Morgan fingerprint density at radius 3 is 2.41 bits per heavy atom. The van der Waals surface area contributed by atoms with Gasteiger partial charge in [0, 0.05) is 6.07 Å². The van der Waals surface area contributed by atoms with Gasteiger partial charge in [0.15, 0.2) is 11.5 Å². The maximum absolute atomic E-state index is 9.72. The molecule has 0 fully saturated rings. The van der Waals surface area contributed by atoms with Crippen LogP contribution >= 0.6 is 0 Å². The van der Waals surface area contributed by atoms with Gasteiger partial charge >= 0.3 is 0 Å². The van der Waals surface area contributed by atoms with E-state index in [0.717, 1.165) is 5.56 Å². The van der Waals surface area contributed by atoms with Gasteiger partial charge in [-0.15, -0.1) is 0 Å². The molecular formula is C14H14O3. The minimum Gasteiger partial charge on any atom is -0.508 e. The van der Waals surface area contributed by atoms with Gasteiger partial charge in [-0.05, 0) is 43.2 Å². The van der Waals surface area contributed by atoms with E-state index < -0.39 is 0 Å². The minimum atomic E-state index is -0.0657. The lowest BCUT2D eigenvalue weighted by atomic mass is 10.2. The molecule has 0 saturated heterocycles. The predicted molar refractivity (Wildman–Crippen MR) is 65.8 cm³/mol. The third-order valence-electron chi connectivity index (χ3n) is 2.45. The molecule has 0 aliphatic heterocycles. The van der Waals surface area contributed by atoms with E-state index in [9.17, 15) is 10.2 Å². The summed E-state index contributed by atoms with van der Waals surface area (Å²) in [5.74, 6) is 0.989. The molecule has 2 aromatic carbocycles. The van der Waals surface area contributed by atoms with Crippen molar-refractivity contribution < 1.29 is 14.9 Å². The fraction of sp³-hybridized carbons (Fsp3) is 0.143. The van der Waals surface area contributed by atoms with Crippen LogP contribution < -0.4 is 4.74 Å². The van der Waals surface area contributed by atoms with Crippen LogP contribution in [0.4, 0.5) is 0 Å². The Labute approximate surface area is 99.9 Å². The van der Waals surface area contributed by atoms with Gasteiger partial charge in [-0.3, -0.25) is 0 Å². The highest BCUT2D eigenvalue weighted by Crippen LogP contribution is 2.37. The molecule has 2 rings (SSSR count). The van der Waals surface area contributed by atoms with Crippen molar-refractivity contribution >= 4 is 0 Å². The van der Waals surface area contributed by atoms with Crippen molar-refractivity contribution in [2.45, 2.75) is 13.8 Å². The predicted octanol–water partition coefficient (Wildman–Crippen LogP) is 3.51. The number of benzene rings is 2. The Bertz CT molecular complexity index is 524. The normalized spacial score (nSPS) is 10.2. The molecule has 0 bridgehead atoms. The Kier molecular flexibility index (Phi) is 2.91. The first-order chi connectivity index (χ1) is 8.06. The smallest absolute Gasteiger partial charge is 0.172 e. The molecule has 0 atom stereocenters. The first kappa shape index (κ1) is 11.3. The highest BCUT2D eigenvalue weighted by molar-refractivity contribution is 5.51. The summed E-state index contributed by atoms with van der Waals surface area (Å²) in [5.41, 5.74) is 1.77. The van der Waals surface area contributed by atoms with E-state index in [2.05, 4.69) is 0 Å². The molecule has 2 aromatic rings. The second-order valence-electron chi connectivity index (χ2n) is 4.03. The molecule has 0 aliphatic rings. The molecule has 0 spiro atoms. The maximum atomic E-state index is 9.72. The van der Waals surface area contributed by atoms with Gasteiger partial charge in [-0.2, -0.15) is 0 Å². The van der Waals surface area contributed by atoms with Gasteiger partial charge in [0.1, 0.15) is 11.5 Å². The number of hydrogen-bond acceptors (Lipinski definition) is 3. The van der Waals surface area contributed by atoms with Crippen LogP contribution in [0.25, 0.3) is 0 Å². The van der Waals surface area contributed by atoms with E-state index in [1.54, 1.807) is 13.0 Å². The quantitative estimate of drug-likeness (QED) is 0.830. The van der Waals surface area contributed by atoms with Crippen molar-refractivity contribution in [2.75, 3.05) is 0 Å². The molecular weight excluding hydrogens is 216 g/mol. The van der Waals surface area contributed by atoms with Crippen molar-refractivity contribution in [3.8, 4) is 23.0 Å². The largest absolute Gasteiger partial charge is 0.508 e. The van der Waals surface area contributed by atoms with E-state index in [-0.39, 0.29) is 11.5 Å². The molecule has 2 N–H and O–H groups in total. The monoisotopic (exact) mass is 230 g/mol. The molecule has 3 nitrogen and oxygen atoms in total. The number of hydrogen-bond donors (Lipinski definition) is 2. The Morgan fingerprint density at radius 2 is 1.76 bits per heavy atom. The first-order valence-corrected chi connectivity index (χ1v) is 5.33. The number of ether oxygens (including phenoxy) is 1. The summed E-state index contributed by atoms with van der Waals surface area (Å²) in [6, 6.07) is 10.4. The number of aromatic hydroxyl groups is 2. The number of rotatable bonds is 2. The number of aryl methyl sites for hydroxylation is 2. The molecule has 0 aromatic heterocycles. The third kappa shape index (κ3) is 2.50. The van der Waals surface area contributed by atoms with Gasteiger partial charge in [0.25, 0.3) is 0 Å². The van der Waals surface area contributed by atoms with Crippen LogP contribution in [-0.2, 0) is 0 Å². The van der Waals surface area contributed by atoms with Crippen molar-refractivity contribution in [2.24, 2.45) is 0 Å². The molecule has 88 valence electrons. The van der Waals surface area contributed by atoms with Crippen molar-refractivity contribution in [1.29, 1.82) is 0 Å². The van der Waals surface area contributed by atoms with Crippen molar-refractivity contribution in [3.63, 3.8) is 0 Å². The molecule has 0 radical (unpaired) electrons. The number of phenols is 2. The Balaban J connectivity index is 2.36. The van der Waals surface area contributed by atoms with Gasteiger partial charge in [-0.1, -0.05) is 12.1 Å². The molecule has 0 saturated carbocycles. The number of phenolic OH excluding ortho intramolecular Hbond substituents is 2. The van der Waals surface area contributed by atoms with Crippen molar-refractivity contribution in [1.82, 2.24) is 0 Å². The van der Waals surface area contributed by atoms with Gasteiger partial charge in [0.2, 0.25) is 0 Å². The average Bonchev–Trinajstić information content (AvgIpc) is 2.23. The Hall–Kier alpha value is -2.16. The SMILES string of the molecule is Cc1cccc(Oc2c(C)cc(O)cc2O)c1. The topological polar surface area (TPSA) is 49.7 Å². The summed E-state index contributed by atoms with van der Waals surface area (Å²) < 4.78 is 5.61. The molecule has 3 heteroatoms. The third-order valence-corrected chi connectivity index (χ3v) is 2.45. The van der Waals surface area contributed by atoms with Crippen molar-refractivity contribution in [3.05, 3.63) is 47.5 Å². The van der Waals surface area contributed by atoms with Crippen LogP contribution in [-0.4, -0.2) is 10.2 Å². The zero-order chi connectivity index (χ0) is 12.4. The summed E-state index contributed by atoms with van der Waals surface area (Å²) in [7, 11) is 0. The minimum absolute atomic E-state index is 0.0246. The van der Waals surface area contributed by atoms with Crippen LogP contribution in [0.5, 0.6) is 23.0 Å². The highest BCUT2D eigenvalue weighted by atomic mass is 16.5. The van der Waals surface area contributed by atoms with Gasteiger partial charge in [-0.25, -0.2) is 0 Å². The Morgan fingerprint density at radius 1 is 1.00 bits per heavy atom. The van der Waals surface area contributed by atoms with Gasteiger partial charge < -0.3 is 14.9 Å². The second kappa shape index (κ2) is 4.37. The van der Waals surface area contributed by atoms with E-state index in [0.29, 0.717) is 17.1 Å². The standard InChI is InChI=1S/C14H14O3/c1-9-4-3-5-12(6-9)17-14-10(2)7-11(15)8-13(14)16/h3-8,15-16H,1-2H3. The lowest BCUT2D eigenvalue weighted by Gasteiger charge is -2.11. The summed E-state index contributed by atoms with van der Waals surface area (Å²) in [6.07, 6.45) is 0. The lowest BCUT2D eigenvalue weighted by molar-refractivity contribution is 0.400. The van der Waals surface area contributed by atoms with E-state index >= 15 is 0 Å². The van der Waals surface area contributed by atoms with Crippen LogP contribution in [0, 0.1) is 13.8 Å². The van der Waals surface area contributed by atoms with E-state index in [1.807, 2.05) is 31.2 Å². The zero-order valence-electron chi connectivity index (χ0n) is 9.77.